The second kappa shape index (κ2) is 8.52. The van der Waals surface area contributed by atoms with Crippen molar-refractivity contribution in [3.05, 3.63) is 34.4 Å². The summed E-state index contributed by atoms with van der Waals surface area (Å²) in [7, 11) is 1.84. The molecule has 0 saturated heterocycles. The van der Waals surface area contributed by atoms with Crippen molar-refractivity contribution in [2.24, 2.45) is 18.4 Å². The van der Waals surface area contributed by atoms with Crippen LogP contribution in [0.1, 0.15) is 43.2 Å². The van der Waals surface area contributed by atoms with Crippen molar-refractivity contribution in [1.82, 2.24) is 14.8 Å². The molecular formula is C22H25N5O2S2. The molecule has 0 spiro atoms. The first-order valence-electron chi connectivity index (χ1n) is 10.2. The van der Waals surface area contributed by atoms with Crippen LogP contribution in [0.2, 0.25) is 0 Å². The van der Waals surface area contributed by atoms with Crippen LogP contribution >= 0.6 is 23.1 Å². The molecule has 1 amide bonds. The van der Waals surface area contributed by atoms with Gasteiger partial charge in [-0.25, -0.2) is 0 Å². The second-order valence-electron chi connectivity index (χ2n) is 8.80. The van der Waals surface area contributed by atoms with Crippen molar-refractivity contribution in [2.45, 2.75) is 45.2 Å². The number of anilines is 1. The smallest absolute Gasteiger partial charge is 0.235 e. The number of nitriles is 1. The Hall–Kier alpha value is -2.57. The summed E-state index contributed by atoms with van der Waals surface area (Å²) in [6.45, 7) is 6.81. The standard InChI is InChI=1S/C22H25N5O2S2/c1-22(2,3)13-7-8-14-15(11-23)20(31-17(14)10-13)24-18(28)12-30-21-26-25-19(27(21)4)16-6-5-9-29-16/h5-6,9,13H,7-8,10,12H2,1-4H3,(H,24,28)/t13-/m1/s1. The molecule has 7 nitrogen and oxygen atoms in total. The van der Waals surface area contributed by atoms with Gasteiger partial charge in [-0.3, -0.25) is 4.79 Å². The number of rotatable bonds is 5. The Morgan fingerprint density at radius 2 is 2.26 bits per heavy atom. The molecule has 0 bridgehead atoms. The predicted molar refractivity (Wildman–Crippen MR) is 122 cm³/mol. The van der Waals surface area contributed by atoms with E-state index in [0.29, 0.717) is 33.2 Å². The minimum Gasteiger partial charge on any atom is -0.461 e. The highest BCUT2D eigenvalue weighted by Gasteiger charge is 2.32. The monoisotopic (exact) mass is 455 g/mol. The first kappa shape index (κ1) is 21.7. The first-order chi connectivity index (χ1) is 14.8. The molecule has 31 heavy (non-hydrogen) atoms. The van der Waals surface area contributed by atoms with Gasteiger partial charge < -0.3 is 14.3 Å². The van der Waals surface area contributed by atoms with E-state index >= 15 is 0 Å². The maximum Gasteiger partial charge on any atom is 0.235 e. The van der Waals surface area contributed by atoms with Crippen molar-refractivity contribution in [3.8, 4) is 17.7 Å². The van der Waals surface area contributed by atoms with Crippen LogP contribution in [-0.4, -0.2) is 26.4 Å². The van der Waals surface area contributed by atoms with Crippen LogP contribution < -0.4 is 5.32 Å². The van der Waals surface area contributed by atoms with E-state index < -0.39 is 0 Å². The summed E-state index contributed by atoms with van der Waals surface area (Å²) in [6, 6.07) is 5.93. The molecule has 3 aromatic heterocycles. The van der Waals surface area contributed by atoms with E-state index in [1.165, 1.54) is 16.6 Å². The van der Waals surface area contributed by atoms with Crippen LogP contribution in [0.4, 0.5) is 5.00 Å². The molecule has 0 aliphatic heterocycles. The van der Waals surface area contributed by atoms with Crippen molar-refractivity contribution in [2.75, 3.05) is 11.1 Å². The van der Waals surface area contributed by atoms with Gasteiger partial charge in [0.05, 0.1) is 17.6 Å². The molecule has 0 radical (unpaired) electrons. The zero-order valence-electron chi connectivity index (χ0n) is 18.1. The molecule has 0 unspecified atom stereocenters. The largest absolute Gasteiger partial charge is 0.461 e. The molecule has 0 fully saturated rings. The summed E-state index contributed by atoms with van der Waals surface area (Å²) < 4.78 is 7.17. The fraction of sp³-hybridized carbons (Fsp3) is 0.455. The molecule has 4 rings (SSSR count). The second-order valence-corrected chi connectivity index (χ2v) is 10.9. The Kier molecular flexibility index (Phi) is 5.95. The minimum atomic E-state index is -0.157. The Bertz CT molecular complexity index is 1130. The number of thioether (sulfide) groups is 1. The number of aromatic nitrogens is 3. The fourth-order valence-corrected chi connectivity index (χ4v) is 5.89. The van der Waals surface area contributed by atoms with Crippen LogP contribution in [0.3, 0.4) is 0 Å². The van der Waals surface area contributed by atoms with E-state index in [-0.39, 0.29) is 17.1 Å². The van der Waals surface area contributed by atoms with Gasteiger partial charge in [0, 0.05) is 11.9 Å². The van der Waals surface area contributed by atoms with E-state index in [0.717, 1.165) is 24.8 Å². The highest BCUT2D eigenvalue weighted by molar-refractivity contribution is 7.99. The lowest BCUT2D eigenvalue weighted by Gasteiger charge is -2.33. The number of hydrogen-bond donors (Lipinski definition) is 1. The number of nitrogens with zero attached hydrogens (tertiary/aromatic N) is 4. The molecule has 1 aliphatic carbocycles. The molecule has 1 aliphatic rings. The third-order valence-corrected chi connectivity index (χ3v) is 7.95. The van der Waals surface area contributed by atoms with E-state index in [4.69, 9.17) is 4.42 Å². The summed E-state index contributed by atoms with van der Waals surface area (Å²) in [6.07, 6.45) is 4.53. The summed E-state index contributed by atoms with van der Waals surface area (Å²) >= 11 is 2.85. The van der Waals surface area contributed by atoms with Crippen LogP contribution in [0.5, 0.6) is 0 Å². The third-order valence-electron chi connectivity index (χ3n) is 5.76. The van der Waals surface area contributed by atoms with E-state index in [2.05, 4.69) is 42.4 Å². The molecule has 3 heterocycles. The van der Waals surface area contributed by atoms with E-state index in [9.17, 15) is 10.1 Å². The van der Waals surface area contributed by atoms with Gasteiger partial charge in [0.1, 0.15) is 11.1 Å². The van der Waals surface area contributed by atoms with Gasteiger partial charge in [0.2, 0.25) is 5.91 Å². The summed E-state index contributed by atoms with van der Waals surface area (Å²) in [4.78, 5) is 13.9. The number of thiophene rings is 1. The van der Waals surface area contributed by atoms with Crippen LogP contribution in [0.15, 0.2) is 28.0 Å². The molecule has 1 N–H and O–H groups in total. The molecule has 0 saturated carbocycles. The van der Waals surface area contributed by atoms with Gasteiger partial charge in [-0.2, -0.15) is 5.26 Å². The van der Waals surface area contributed by atoms with Crippen molar-refractivity contribution >= 4 is 34.0 Å². The van der Waals surface area contributed by atoms with Crippen LogP contribution in [-0.2, 0) is 24.7 Å². The molecule has 1 atom stereocenters. The van der Waals surface area contributed by atoms with Crippen molar-refractivity contribution < 1.29 is 9.21 Å². The van der Waals surface area contributed by atoms with Crippen LogP contribution in [0.25, 0.3) is 11.6 Å². The summed E-state index contributed by atoms with van der Waals surface area (Å²) in [5.74, 6) is 1.85. The topological polar surface area (TPSA) is 96.7 Å². The van der Waals surface area contributed by atoms with Gasteiger partial charge in [-0.1, -0.05) is 32.5 Å². The Morgan fingerprint density at radius 3 is 2.94 bits per heavy atom. The lowest BCUT2D eigenvalue weighted by molar-refractivity contribution is -0.113. The Balaban J connectivity index is 1.43. The normalized spacial score (nSPS) is 16.0. The summed E-state index contributed by atoms with van der Waals surface area (Å²) in [5, 5.41) is 22.3. The van der Waals surface area contributed by atoms with E-state index in [1.807, 2.05) is 13.1 Å². The third kappa shape index (κ3) is 4.41. The molecule has 9 heteroatoms. The highest BCUT2D eigenvalue weighted by atomic mass is 32.2. The zero-order chi connectivity index (χ0) is 22.2. The number of carbonyl (C=O) groups is 1. The number of nitrogens with one attached hydrogen (secondary N) is 1. The Labute approximate surface area is 189 Å². The van der Waals surface area contributed by atoms with Crippen LogP contribution in [0, 0.1) is 22.7 Å². The van der Waals surface area contributed by atoms with Crippen molar-refractivity contribution in [3.63, 3.8) is 0 Å². The van der Waals surface area contributed by atoms with Gasteiger partial charge >= 0.3 is 0 Å². The predicted octanol–water partition coefficient (Wildman–Crippen LogP) is 4.89. The average Bonchev–Trinajstić information content (AvgIpc) is 3.43. The zero-order valence-corrected chi connectivity index (χ0v) is 19.7. The number of furan rings is 1. The maximum absolute atomic E-state index is 12.6. The number of carbonyl (C=O) groups excluding carboxylic acids is 1. The van der Waals surface area contributed by atoms with Gasteiger partial charge in [0.25, 0.3) is 0 Å². The summed E-state index contributed by atoms with van der Waals surface area (Å²) in [5.41, 5.74) is 1.98. The lowest BCUT2D eigenvalue weighted by Crippen LogP contribution is -2.26. The fourth-order valence-electron chi connectivity index (χ4n) is 3.89. The van der Waals surface area contributed by atoms with Crippen molar-refractivity contribution in [1.29, 1.82) is 5.26 Å². The molecular weight excluding hydrogens is 430 g/mol. The first-order valence-corrected chi connectivity index (χ1v) is 12.0. The average molecular weight is 456 g/mol. The number of fused-ring (bicyclic) bond motifs is 1. The quantitative estimate of drug-likeness (QED) is 0.550. The highest BCUT2D eigenvalue weighted by Crippen LogP contribution is 2.44. The van der Waals surface area contributed by atoms with E-state index in [1.54, 1.807) is 28.2 Å². The minimum absolute atomic E-state index is 0.157. The molecule has 3 aromatic rings. The molecule has 162 valence electrons. The molecule has 0 aromatic carbocycles. The van der Waals surface area contributed by atoms with Gasteiger partial charge in [0.15, 0.2) is 16.7 Å². The lowest BCUT2D eigenvalue weighted by atomic mass is 9.72. The van der Waals surface area contributed by atoms with Gasteiger partial charge in [-0.05, 0) is 48.3 Å². The number of hydrogen-bond acceptors (Lipinski definition) is 7. The SMILES string of the molecule is Cn1c(SCC(=O)Nc2sc3c(c2C#N)CC[C@@H](C(C)(C)C)C3)nnc1-c1ccco1. The Morgan fingerprint density at radius 1 is 1.45 bits per heavy atom. The number of amides is 1. The van der Waals surface area contributed by atoms with Gasteiger partial charge in [-0.15, -0.1) is 21.5 Å². The maximum atomic E-state index is 12.6.